The first-order valence-corrected chi connectivity index (χ1v) is 6.82. The summed E-state index contributed by atoms with van der Waals surface area (Å²) in [6.07, 6.45) is 4.05. The van der Waals surface area contributed by atoms with E-state index in [2.05, 4.69) is 42.4 Å². The Labute approximate surface area is 154 Å². The predicted octanol–water partition coefficient (Wildman–Crippen LogP) is 1.94. The van der Waals surface area contributed by atoms with Crippen molar-refractivity contribution in [3.05, 3.63) is 62.3 Å². The zero-order chi connectivity index (χ0) is 21.7. The van der Waals surface area contributed by atoms with Gasteiger partial charge in [-0.3, -0.25) is 4.79 Å². The number of carbonyl (C=O) groups is 4. The highest BCUT2D eigenvalue weighted by molar-refractivity contribution is 5.90. The number of aliphatic carboxylic acids is 1. The molecule has 0 saturated carbocycles. The molecule has 0 aliphatic carbocycles. The maximum atomic E-state index is 10.5. The number of amides is 1. The van der Waals surface area contributed by atoms with Gasteiger partial charge in [0, 0.05) is 23.3 Å². The van der Waals surface area contributed by atoms with Crippen LogP contribution in [0.4, 0.5) is 0 Å². The van der Waals surface area contributed by atoms with Crippen molar-refractivity contribution >= 4 is 23.8 Å². The Balaban J connectivity index is -0.000000128. The van der Waals surface area contributed by atoms with Crippen LogP contribution in [-0.2, 0) is 28.7 Å². The molecule has 0 spiro atoms. The van der Waals surface area contributed by atoms with Gasteiger partial charge in [0.15, 0.2) is 0 Å². The molecule has 0 saturated heterocycles. The fourth-order valence-electron chi connectivity index (χ4n) is 0.485. The number of primary amides is 1. The van der Waals surface area contributed by atoms with Gasteiger partial charge in [0.2, 0.25) is 5.91 Å². The van der Waals surface area contributed by atoms with Gasteiger partial charge >= 0.3 is 17.9 Å². The SMILES string of the molecule is C=C(C)C(N)=O.C=CC(=O)O.C=CC(=O)OC.C=CCC(=C)C(=O)OC. The lowest BCUT2D eigenvalue weighted by Crippen LogP contribution is -2.10. The Kier molecular flexibility index (Phi) is 25.3. The minimum atomic E-state index is -0.981. The summed E-state index contributed by atoms with van der Waals surface area (Å²) in [7, 11) is 2.64. The van der Waals surface area contributed by atoms with Gasteiger partial charge in [0.25, 0.3) is 0 Å². The first-order chi connectivity index (χ1) is 11.9. The van der Waals surface area contributed by atoms with Crippen LogP contribution in [0.25, 0.3) is 0 Å². The van der Waals surface area contributed by atoms with E-state index < -0.39 is 17.8 Å². The molecule has 0 unspecified atom stereocenters. The smallest absolute Gasteiger partial charge is 0.333 e. The van der Waals surface area contributed by atoms with Crippen molar-refractivity contribution in [2.45, 2.75) is 13.3 Å². The molecule has 0 aromatic carbocycles. The van der Waals surface area contributed by atoms with E-state index in [1.54, 1.807) is 13.0 Å². The number of hydrogen-bond donors (Lipinski definition) is 2. The summed E-state index contributed by atoms with van der Waals surface area (Å²) in [5.74, 6) is -2.18. The lowest BCUT2D eigenvalue weighted by Gasteiger charge is -1.96. The summed E-state index contributed by atoms with van der Waals surface area (Å²) < 4.78 is 8.52. The first-order valence-electron chi connectivity index (χ1n) is 6.82. The largest absolute Gasteiger partial charge is 0.478 e. The average Bonchev–Trinajstić information content (AvgIpc) is 2.61. The molecule has 146 valence electrons. The monoisotopic (exact) mass is 369 g/mol. The standard InChI is InChI=1S/C7H10O2.C4H7NO.C4H6O2.C3H4O2/c1-4-5-6(2)7(8)9-3;1-3(2)4(5)6;1-3-4(5)6-2;1-2-3(4)5/h4H,1-2,5H2,3H3;1H2,2H3,(H2,5,6);3H,1H2,2H3;2H,1H2,(H,4,5). The molecule has 0 aliphatic heterocycles. The maximum absolute atomic E-state index is 10.5. The summed E-state index contributed by atoms with van der Waals surface area (Å²) in [6, 6.07) is 0. The van der Waals surface area contributed by atoms with Gasteiger partial charge in [0.05, 0.1) is 14.2 Å². The Morgan fingerprint density at radius 1 is 1.00 bits per heavy atom. The van der Waals surface area contributed by atoms with Gasteiger partial charge in [-0.25, -0.2) is 14.4 Å². The molecular formula is C18H27NO7. The minimum Gasteiger partial charge on any atom is -0.478 e. The second kappa shape index (κ2) is 21.6. The van der Waals surface area contributed by atoms with Crippen molar-refractivity contribution in [2.75, 3.05) is 14.2 Å². The van der Waals surface area contributed by atoms with Gasteiger partial charge in [0.1, 0.15) is 0 Å². The van der Waals surface area contributed by atoms with Crippen LogP contribution in [0.2, 0.25) is 0 Å². The molecule has 0 radical (unpaired) electrons. The van der Waals surface area contributed by atoms with Crippen molar-refractivity contribution in [2.24, 2.45) is 5.73 Å². The third-order valence-corrected chi connectivity index (χ3v) is 1.83. The zero-order valence-corrected chi connectivity index (χ0v) is 15.4. The predicted molar refractivity (Wildman–Crippen MR) is 100 cm³/mol. The quantitative estimate of drug-likeness (QED) is 0.415. The van der Waals surface area contributed by atoms with Crippen molar-refractivity contribution < 1.29 is 33.8 Å². The molecule has 0 aromatic heterocycles. The third kappa shape index (κ3) is 32.5. The fraction of sp³-hybridized carbons (Fsp3) is 0.222. The van der Waals surface area contributed by atoms with Crippen LogP contribution >= 0.6 is 0 Å². The Hall–Kier alpha value is -3.42. The molecule has 1 amide bonds. The normalized spacial score (nSPS) is 7.35. The molecule has 8 heteroatoms. The van der Waals surface area contributed by atoms with Gasteiger partial charge in [-0.1, -0.05) is 32.4 Å². The van der Waals surface area contributed by atoms with E-state index in [4.69, 9.17) is 10.8 Å². The van der Waals surface area contributed by atoms with Crippen LogP contribution in [0.1, 0.15) is 13.3 Å². The highest BCUT2D eigenvalue weighted by Gasteiger charge is 2.01. The Morgan fingerprint density at radius 2 is 1.38 bits per heavy atom. The third-order valence-electron chi connectivity index (χ3n) is 1.83. The van der Waals surface area contributed by atoms with E-state index in [9.17, 15) is 19.2 Å². The van der Waals surface area contributed by atoms with E-state index in [1.807, 2.05) is 0 Å². The van der Waals surface area contributed by atoms with E-state index in [0.29, 0.717) is 17.6 Å². The number of methoxy groups -OCH3 is 2. The highest BCUT2D eigenvalue weighted by atomic mass is 16.5. The topological polar surface area (TPSA) is 133 Å². The van der Waals surface area contributed by atoms with Gasteiger partial charge in [-0.2, -0.15) is 0 Å². The van der Waals surface area contributed by atoms with Gasteiger partial charge in [-0.15, -0.1) is 6.58 Å². The number of ether oxygens (including phenoxy) is 2. The highest BCUT2D eigenvalue weighted by Crippen LogP contribution is 1.99. The van der Waals surface area contributed by atoms with Crippen molar-refractivity contribution in [3.8, 4) is 0 Å². The molecule has 0 atom stereocenters. The number of carboxylic acid groups (broad SMARTS) is 1. The Morgan fingerprint density at radius 3 is 1.50 bits per heavy atom. The summed E-state index contributed by atoms with van der Waals surface area (Å²) in [5, 5.41) is 7.60. The molecule has 0 heterocycles. The number of allylic oxidation sites excluding steroid dienone is 1. The maximum Gasteiger partial charge on any atom is 0.333 e. The number of hydrogen-bond acceptors (Lipinski definition) is 6. The summed E-state index contributed by atoms with van der Waals surface area (Å²) in [6.45, 7) is 17.9. The van der Waals surface area contributed by atoms with Crippen LogP contribution < -0.4 is 5.73 Å². The van der Waals surface area contributed by atoms with Gasteiger partial charge < -0.3 is 20.3 Å². The van der Waals surface area contributed by atoms with E-state index in [-0.39, 0.29) is 5.97 Å². The van der Waals surface area contributed by atoms with E-state index in [0.717, 1.165) is 12.2 Å². The number of rotatable bonds is 6. The number of carbonyl (C=O) groups excluding carboxylic acids is 3. The number of esters is 2. The fourth-order valence-corrected chi connectivity index (χ4v) is 0.485. The molecule has 8 nitrogen and oxygen atoms in total. The van der Waals surface area contributed by atoms with Crippen LogP contribution in [0.15, 0.2) is 62.3 Å². The van der Waals surface area contributed by atoms with E-state index in [1.165, 1.54) is 14.2 Å². The molecule has 0 aromatic rings. The van der Waals surface area contributed by atoms with Crippen LogP contribution in [0.5, 0.6) is 0 Å². The Bertz CT molecular complexity index is 519. The lowest BCUT2D eigenvalue weighted by atomic mass is 10.2. The molecule has 0 bridgehead atoms. The lowest BCUT2D eigenvalue weighted by molar-refractivity contribution is -0.136. The molecule has 0 fully saturated rings. The second-order valence-electron chi connectivity index (χ2n) is 4.00. The molecule has 0 aliphatic rings. The first kappa shape index (κ1) is 30.5. The summed E-state index contributed by atoms with van der Waals surface area (Å²) in [5.41, 5.74) is 5.53. The number of nitrogens with two attached hydrogens (primary N) is 1. The zero-order valence-electron chi connectivity index (χ0n) is 15.4. The minimum absolute atomic E-state index is 0.366. The van der Waals surface area contributed by atoms with E-state index >= 15 is 0 Å². The van der Waals surface area contributed by atoms with Gasteiger partial charge in [-0.05, 0) is 13.3 Å². The molecule has 26 heavy (non-hydrogen) atoms. The molecular weight excluding hydrogens is 342 g/mol. The summed E-state index contributed by atoms with van der Waals surface area (Å²) in [4.78, 5) is 39.4. The van der Waals surface area contributed by atoms with Crippen LogP contribution in [0, 0.1) is 0 Å². The van der Waals surface area contributed by atoms with Crippen molar-refractivity contribution in [1.82, 2.24) is 0 Å². The van der Waals surface area contributed by atoms with Crippen LogP contribution in [-0.4, -0.2) is 43.1 Å². The van der Waals surface area contributed by atoms with Crippen LogP contribution in [0.3, 0.4) is 0 Å². The average molecular weight is 369 g/mol. The number of carboxylic acids is 1. The van der Waals surface area contributed by atoms with Crippen molar-refractivity contribution in [1.29, 1.82) is 0 Å². The summed E-state index contributed by atoms with van der Waals surface area (Å²) >= 11 is 0. The second-order valence-corrected chi connectivity index (χ2v) is 4.00. The molecule has 3 N–H and O–H groups in total. The van der Waals surface area contributed by atoms with Crippen molar-refractivity contribution in [3.63, 3.8) is 0 Å². The molecule has 0 rings (SSSR count).